The van der Waals surface area contributed by atoms with Crippen molar-refractivity contribution in [1.82, 2.24) is 25.2 Å². The van der Waals surface area contributed by atoms with Gasteiger partial charge < -0.3 is 25.5 Å². The van der Waals surface area contributed by atoms with E-state index in [0.717, 1.165) is 36.3 Å². The Balaban J connectivity index is 1.21. The Morgan fingerprint density at radius 2 is 1.89 bits per heavy atom. The smallest absolute Gasteiger partial charge is 0.231 e. The molecule has 3 N–H and O–H groups in total. The van der Waals surface area contributed by atoms with Gasteiger partial charge >= 0.3 is 0 Å². The maximum Gasteiger partial charge on any atom is 0.231 e. The molecule has 1 aromatic heterocycles. The molecule has 0 spiro atoms. The number of aliphatic imine (C=N–C) groups is 2. The maximum absolute atomic E-state index is 10.6. The van der Waals surface area contributed by atoms with Crippen molar-refractivity contribution in [2.45, 2.75) is 26.3 Å². The van der Waals surface area contributed by atoms with Crippen LogP contribution < -0.4 is 15.5 Å². The molecule has 38 heavy (non-hydrogen) atoms. The summed E-state index contributed by atoms with van der Waals surface area (Å²) in [5.41, 5.74) is 5.54. The van der Waals surface area contributed by atoms with Gasteiger partial charge in [0.25, 0.3) is 0 Å². The number of rotatable bonds is 6. The van der Waals surface area contributed by atoms with Crippen molar-refractivity contribution >= 4 is 30.3 Å². The monoisotopic (exact) mass is 511 g/mol. The number of hydrogen-bond acceptors (Lipinski definition) is 8. The number of piperazine rings is 1. The Hall–Kier alpha value is -4.31. The lowest BCUT2D eigenvalue weighted by atomic mass is 10.0. The van der Waals surface area contributed by atoms with Crippen LogP contribution in [0.2, 0.25) is 0 Å². The second-order valence-electron chi connectivity index (χ2n) is 9.45. The van der Waals surface area contributed by atoms with E-state index in [1.54, 1.807) is 0 Å². The van der Waals surface area contributed by atoms with Gasteiger partial charge in [0.1, 0.15) is 6.33 Å². The first-order chi connectivity index (χ1) is 18.6. The summed E-state index contributed by atoms with van der Waals surface area (Å²) in [5.74, 6) is 1.52. The lowest BCUT2D eigenvalue weighted by Gasteiger charge is -2.35. The normalized spacial score (nSPS) is 16.5. The number of benzene rings is 2. The standard InChI is InChI=1S/C28H33N9O/c1-20(16-21-6-4-3-5-7-21)25(38)34-27(29-2)36-12-14-37(15-13-36)28-32-19-31-26(35-28)33-24-9-8-22-10-11-30-18-23(22)17-24/h3-9,17,19,30,38H,2,10-16,18H2,1H3,(H,31,32,33,35)/b25-20-,34-27+. The fraction of sp³-hybridized carbons (Fsp3) is 0.321. The van der Waals surface area contributed by atoms with E-state index >= 15 is 0 Å². The van der Waals surface area contributed by atoms with Crippen LogP contribution >= 0.6 is 0 Å². The number of aliphatic hydroxyl groups is 1. The third-order valence-electron chi connectivity index (χ3n) is 6.79. The Labute approximate surface area is 222 Å². The number of nitrogens with one attached hydrogen (secondary N) is 2. The number of hydrogen-bond donors (Lipinski definition) is 3. The number of allylic oxidation sites excluding steroid dienone is 1. The summed E-state index contributed by atoms with van der Waals surface area (Å²) in [5, 5.41) is 17.3. The number of fused-ring (bicyclic) bond motifs is 1. The summed E-state index contributed by atoms with van der Waals surface area (Å²) in [4.78, 5) is 25.9. The van der Waals surface area contributed by atoms with Crippen LogP contribution in [0.15, 0.2) is 76.3 Å². The molecule has 2 aliphatic rings. The minimum Gasteiger partial charge on any atom is -0.493 e. The van der Waals surface area contributed by atoms with Crippen LogP contribution in [0.25, 0.3) is 0 Å². The zero-order chi connectivity index (χ0) is 26.3. The molecule has 2 aliphatic heterocycles. The molecule has 5 rings (SSSR count). The number of guanidine groups is 1. The van der Waals surface area contributed by atoms with Crippen LogP contribution in [-0.2, 0) is 19.4 Å². The molecule has 10 nitrogen and oxygen atoms in total. The summed E-state index contributed by atoms with van der Waals surface area (Å²) in [6.45, 7) is 10.1. The molecule has 0 radical (unpaired) electrons. The molecule has 196 valence electrons. The van der Waals surface area contributed by atoms with Gasteiger partial charge in [0.15, 0.2) is 0 Å². The first-order valence-electron chi connectivity index (χ1n) is 12.9. The topological polar surface area (TPSA) is 114 Å². The van der Waals surface area contributed by atoms with E-state index in [9.17, 15) is 5.11 Å². The Kier molecular flexibility index (Phi) is 7.89. The third-order valence-corrected chi connectivity index (χ3v) is 6.79. The lowest BCUT2D eigenvalue weighted by Crippen LogP contribution is -2.49. The van der Waals surface area contributed by atoms with Crippen LogP contribution in [0.1, 0.15) is 23.6 Å². The minimum atomic E-state index is -0.0233. The molecule has 0 unspecified atom stereocenters. The first kappa shape index (κ1) is 25.3. The van der Waals surface area contributed by atoms with Crippen LogP contribution in [0, 0.1) is 0 Å². The molecule has 10 heteroatoms. The van der Waals surface area contributed by atoms with Gasteiger partial charge in [0, 0.05) is 38.4 Å². The highest BCUT2D eigenvalue weighted by atomic mass is 16.3. The summed E-state index contributed by atoms with van der Waals surface area (Å²) in [6, 6.07) is 16.4. The van der Waals surface area contributed by atoms with E-state index in [2.05, 4.69) is 65.4 Å². The van der Waals surface area contributed by atoms with E-state index in [-0.39, 0.29) is 5.88 Å². The molecule has 0 saturated carbocycles. The fourth-order valence-corrected chi connectivity index (χ4v) is 4.67. The molecular weight excluding hydrogens is 478 g/mol. The third kappa shape index (κ3) is 6.15. The van der Waals surface area contributed by atoms with Gasteiger partial charge in [-0.2, -0.15) is 9.98 Å². The predicted molar refractivity (Wildman–Crippen MR) is 151 cm³/mol. The second kappa shape index (κ2) is 11.8. The van der Waals surface area contributed by atoms with E-state index in [1.807, 2.05) is 42.2 Å². The first-order valence-corrected chi connectivity index (χ1v) is 12.9. The van der Waals surface area contributed by atoms with Crippen molar-refractivity contribution in [1.29, 1.82) is 0 Å². The van der Waals surface area contributed by atoms with Crippen molar-refractivity contribution < 1.29 is 5.11 Å². The van der Waals surface area contributed by atoms with Gasteiger partial charge in [-0.1, -0.05) is 36.4 Å². The van der Waals surface area contributed by atoms with Gasteiger partial charge in [-0.05, 0) is 67.4 Å². The SMILES string of the molecule is C=N/C(=N\C(O)=C(/C)Cc1ccccc1)N1CCN(c2ncnc(Nc3ccc4c(c3)CNCC4)n2)CC1. The minimum absolute atomic E-state index is 0.0233. The lowest BCUT2D eigenvalue weighted by molar-refractivity contribution is 0.366. The molecule has 0 aliphatic carbocycles. The Bertz CT molecular complexity index is 1330. The highest BCUT2D eigenvalue weighted by Crippen LogP contribution is 2.22. The van der Waals surface area contributed by atoms with Crippen LogP contribution in [0.3, 0.4) is 0 Å². The molecule has 1 fully saturated rings. The van der Waals surface area contributed by atoms with Crippen LogP contribution in [-0.4, -0.2) is 70.4 Å². The summed E-state index contributed by atoms with van der Waals surface area (Å²) < 4.78 is 0. The highest BCUT2D eigenvalue weighted by Gasteiger charge is 2.22. The number of nitrogens with zero attached hydrogens (tertiary/aromatic N) is 7. The van der Waals surface area contributed by atoms with Crippen molar-refractivity contribution in [3.05, 3.63) is 83.0 Å². The Morgan fingerprint density at radius 3 is 2.68 bits per heavy atom. The van der Waals surface area contributed by atoms with E-state index < -0.39 is 0 Å². The van der Waals surface area contributed by atoms with E-state index in [1.165, 1.54) is 17.5 Å². The zero-order valence-electron chi connectivity index (χ0n) is 21.6. The van der Waals surface area contributed by atoms with Crippen molar-refractivity contribution in [2.24, 2.45) is 9.98 Å². The van der Waals surface area contributed by atoms with Crippen LogP contribution in [0.4, 0.5) is 17.6 Å². The van der Waals surface area contributed by atoms with Gasteiger partial charge in [0.05, 0.1) is 0 Å². The quantitative estimate of drug-likeness (QED) is 0.262. The van der Waals surface area contributed by atoms with E-state index in [0.29, 0.717) is 50.5 Å². The predicted octanol–water partition coefficient (Wildman–Crippen LogP) is 3.47. The average Bonchev–Trinajstić information content (AvgIpc) is 2.96. The molecular formula is C28H33N9O. The van der Waals surface area contributed by atoms with Gasteiger partial charge in [0.2, 0.25) is 23.7 Å². The maximum atomic E-state index is 10.6. The fourth-order valence-electron chi connectivity index (χ4n) is 4.67. The molecule has 1 saturated heterocycles. The molecule has 0 bridgehead atoms. The van der Waals surface area contributed by atoms with E-state index in [4.69, 9.17) is 0 Å². The highest BCUT2D eigenvalue weighted by molar-refractivity contribution is 5.85. The van der Waals surface area contributed by atoms with Gasteiger partial charge in [-0.3, -0.25) is 0 Å². The molecule has 3 heterocycles. The summed E-state index contributed by atoms with van der Waals surface area (Å²) in [7, 11) is 0. The van der Waals surface area contributed by atoms with Gasteiger partial charge in [-0.25, -0.2) is 15.0 Å². The summed E-state index contributed by atoms with van der Waals surface area (Å²) in [6.07, 6.45) is 3.20. The number of aromatic nitrogens is 3. The molecule has 0 amide bonds. The average molecular weight is 512 g/mol. The van der Waals surface area contributed by atoms with Crippen molar-refractivity contribution in [3.8, 4) is 0 Å². The Morgan fingerprint density at radius 1 is 1.08 bits per heavy atom. The van der Waals surface area contributed by atoms with Crippen molar-refractivity contribution in [2.75, 3.05) is 42.9 Å². The molecule has 0 atom stereocenters. The largest absolute Gasteiger partial charge is 0.493 e. The molecule has 2 aromatic carbocycles. The van der Waals surface area contributed by atoms with Gasteiger partial charge in [-0.15, -0.1) is 0 Å². The molecule has 3 aromatic rings. The van der Waals surface area contributed by atoms with Crippen LogP contribution in [0.5, 0.6) is 0 Å². The zero-order valence-corrected chi connectivity index (χ0v) is 21.6. The van der Waals surface area contributed by atoms with Crippen molar-refractivity contribution in [3.63, 3.8) is 0 Å². The number of aliphatic hydroxyl groups excluding tert-OH is 1. The second-order valence-corrected chi connectivity index (χ2v) is 9.45. The summed E-state index contributed by atoms with van der Waals surface area (Å²) >= 11 is 0. The number of anilines is 3.